The molecule has 3 aliphatic rings. The Bertz CT molecular complexity index is 1220. The summed E-state index contributed by atoms with van der Waals surface area (Å²) in [6.45, 7) is 0.704. The van der Waals surface area contributed by atoms with Crippen molar-refractivity contribution in [3.05, 3.63) is 53.6 Å². The summed E-state index contributed by atoms with van der Waals surface area (Å²) in [5.74, 6) is -0.189. The summed E-state index contributed by atoms with van der Waals surface area (Å²) in [7, 11) is 1.62. The number of amides is 2. The zero-order chi connectivity index (χ0) is 24.8. The molecule has 35 heavy (non-hydrogen) atoms. The lowest BCUT2D eigenvalue weighted by atomic mass is 9.81. The van der Waals surface area contributed by atoms with Crippen molar-refractivity contribution in [3.63, 3.8) is 0 Å². The monoisotopic (exact) mass is 488 g/mol. The number of benzene rings is 2. The third kappa shape index (κ3) is 4.45. The number of anilines is 2. The summed E-state index contributed by atoms with van der Waals surface area (Å²) >= 11 is 0. The molecule has 1 fully saturated rings. The van der Waals surface area contributed by atoms with Crippen LogP contribution in [0.2, 0.25) is 0 Å². The highest BCUT2D eigenvalue weighted by Gasteiger charge is 2.41. The number of hydrogen-bond acceptors (Lipinski definition) is 5. The van der Waals surface area contributed by atoms with Gasteiger partial charge in [-0.2, -0.15) is 13.2 Å². The van der Waals surface area contributed by atoms with E-state index in [0.29, 0.717) is 60.7 Å². The van der Waals surface area contributed by atoms with Crippen LogP contribution in [0.4, 0.5) is 24.5 Å². The number of likely N-dealkylation sites (N-methyl/N-ethyl adjacent to an activating group) is 1. The van der Waals surface area contributed by atoms with E-state index in [2.05, 4.69) is 5.32 Å². The maximum absolute atomic E-state index is 13.3. The summed E-state index contributed by atoms with van der Waals surface area (Å²) in [5, 5.41) is 2.79. The zero-order valence-electron chi connectivity index (χ0n) is 18.9. The molecule has 2 aromatic carbocycles. The van der Waals surface area contributed by atoms with Gasteiger partial charge in [0, 0.05) is 37.9 Å². The van der Waals surface area contributed by atoms with Gasteiger partial charge in [-0.15, -0.1) is 0 Å². The topological polar surface area (TPSA) is 77.1 Å². The van der Waals surface area contributed by atoms with Crippen molar-refractivity contribution in [3.8, 4) is 11.5 Å². The van der Waals surface area contributed by atoms with E-state index in [1.54, 1.807) is 25.2 Å². The highest BCUT2D eigenvalue weighted by molar-refractivity contribution is 6.07. The molecule has 0 atom stereocenters. The van der Waals surface area contributed by atoms with E-state index < -0.39 is 23.2 Å². The molecule has 1 saturated heterocycles. The van der Waals surface area contributed by atoms with Crippen LogP contribution in [-0.4, -0.2) is 44.3 Å². The minimum absolute atomic E-state index is 0.104. The van der Waals surface area contributed by atoms with Crippen LogP contribution in [0.5, 0.6) is 11.5 Å². The second-order valence-electron chi connectivity index (χ2n) is 8.84. The van der Waals surface area contributed by atoms with Gasteiger partial charge in [-0.3, -0.25) is 9.59 Å². The molecule has 2 aromatic rings. The molecule has 7 nitrogen and oxygen atoms in total. The molecule has 0 radical (unpaired) electrons. The molecule has 3 aliphatic heterocycles. The van der Waals surface area contributed by atoms with E-state index in [9.17, 15) is 22.8 Å². The smallest absolute Gasteiger partial charge is 0.416 e. The Morgan fingerprint density at radius 2 is 1.94 bits per heavy atom. The molecule has 3 heterocycles. The number of nitrogens with one attached hydrogen (secondary N) is 1. The number of ether oxygens (including phenoxy) is 3. The van der Waals surface area contributed by atoms with Crippen molar-refractivity contribution in [2.24, 2.45) is 0 Å². The Kier molecular flexibility index (Phi) is 5.71. The second-order valence-corrected chi connectivity index (χ2v) is 8.84. The standard InChI is InChI=1S/C25H23F3N2O5/c1-30-19-4-2-3-18(23(19)34-14-22(30)32)29-21(31)11-15-13-24(7-9-33-10-8-24)35-20-12-16(25(26,27)28)5-6-17(15)20/h2-6,11-12H,7-10,13-14H2,1H3,(H,29,31). The number of fused-ring (bicyclic) bond motifs is 2. The van der Waals surface area contributed by atoms with Gasteiger partial charge in [0.05, 0.1) is 30.2 Å². The third-order valence-corrected chi connectivity index (χ3v) is 6.53. The largest absolute Gasteiger partial charge is 0.486 e. The number of carbonyl (C=O) groups is 2. The molecule has 0 bridgehead atoms. The van der Waals surface area contributed by atoms with Crippen LogP contribution in [0.25, 0.3) is 5.57 Å². The fourth-order valence-corrected chi connectivity index (χ4v) is 4.64. The number of alkyl halides is 3. The summed E-state index contributed by atoms with van der Waals surface area (Å²) in [4.78, 5) is 26.4. The number of carbonyl (C=O) groups excluding carboxylic acids is 2. The van der Waals surface area contributed by atoms with Gasteiger partial charge < -0.3 is 24.4 Å². The first-order valence-electron chi connectivity index (χ1n) is 11.2. The molecule has 0 aliphatic carbocycles. The summed E-state index contributed by atoms with van der Waals surface area (Å²) in [6.07, 6.45) is -1.75. The van der Waals surface area contributed by atoms with E-state index >= 15 is 0 Å². The lowest BCUT2D eigenvalue weighted by molar-refractivity contribution is -0.138. The third-order valence-electron chi connectivity index (χ3n) is 6.53. The first-order valence-corrected chi connectivity index (χ1v) is 11.2. The van der Waals surface area contributed by atoms with Crippen LogP contribution < -0.4 is 19.7 Å². The van der Waals surface area contributed by atoms with Crippen molar-refractivity contribution < 1.29 is 37.0 Å². The average molecular weight is 488 g/mol. The van der Waals surface area contributed by atoms with Gasteiger partial charge in [-0.25, -0.2) is 0 Å². The lowest BCUT2D eigenvalue weighted by Crippen LogP contribution is -2.44. The maximum atomic E-state index is 13.3. The number of halogens is 3. The molecule has 2 amide bonds. The summed E-state index contributed by atoms with van der Waals surface area (Å²) < 4.78 is 57.1. The molecule has 0 aromatic heterocycles. The summed E-state index contributed by atoms with van der Waals surface area (Å²) in [6, 6.07) is 8.39. The molecule has 1 N–H and O–H groups in total. The van der Waals surface area contributed by atoms with Gasteiger partial charge in [-0.05, 0) is 29.8 Å². The Balaban J connectivity index is 1.48. The highest BCUT2D eigenvalue weighted by Crippen LogP contribution is 2.46. The first-order chi connectivity index (χ1) is 16.7. The Labute approximate surface area is 199 Å². The minimum Gasteiger partial charge on any atom is -0.486 e. The number of para-hydroxylation sites is 1. The Morgan fingerprint density at radius 1 is 1.17 bits per heavy atom. The first kappa shape index (κ1) is 23.2. The molecule has 0 unspecified atom stereocenters. The molecule has 0 saturated carbocycles. The van der Waals surface area contributed by atoms with E-state index in [-0.39, 0.29) is 18.3 Å². The van der Waals surface area contributed by atoms with Crippen LogP contribution in [0.1, 0.15) is 30.4 Å². The second kappa shape index (κ2) is 8.60. The minimum atomic E-state index is -4.51. The van der Waals surface area contributed by atoms with Crippen LogP contribution in [-0.2, 0) is 20.5 Å². The van der Waals surface area contributed by atoms with Gasteiger partial charge in [0.15, 0.2) is 12.4 Å². The van der Waals surface area contributed by atoms with Gasteiger partial charge in [-0.1, -0.05) is 12.1 Å². The SMILES string of the molecule is CN1C(=O)COc2c(NC(=O)C=C3CC4(CCOCC4)Oc4cc(C(F)(F)F)ccc43)cccc21. The maximum Gasteiger partial charge on any atom is 0.416 e. The van der Waals surface area contributed by atoms with Crippen molar-refractivity contribution in [1.82, 2.24) is 0 Å². The van der Waals surface area contributed by atoms with Crippen LogP contribution in [0, 0.1) is 0 Å². The molecule has 184 valence electrons. The van der Waals surface area contributed by atoms with E-state index in [0.717, 1.165) is 12.1 Å². The number of hydrogen-bond donors (Lipinski definition) is 1. The van der Waals surface area contributed by atoms with Gasteiger partial charge in [0.1, 0.15) is 11.4 Å². The fourth-order valence-electron chi connectivity index (χ4n) is 4.64. The number of rotatable bonds is 2. The van der Waals surface area contributed by atoms with Crippen LogP contribution in [0.15, 0.2) is 42.5 Å². The normalized spacial score (nSPS) is 20.1. The van der Waals surface area contributed by atoms with E-state index in [4.69, 9.17) is 14.2 Å². The van der Waals surface area contributed by atoms with Crippen LogP contribution >= 0.6 is 0 Å². The van der Waals surface area contributed by atoms with E-state index in [1.807, 2.05) is 0 Å². The van der Waals surface area contributed by atoms with Crippen molar-refractivity contribution in [2.75, 3.05) is 37.1 Å². The van der Waals surface area contributed by atoms with Crippen LogP contribution in [0.3, 0.4) is 0 Å². The predicted octanol–water partition coefficient (Wildman–Crippen LogP) is 4.41. The van der Waals surface area contributed by atoms with Gasteiger partial charge >= 0.3 is 6.18 Å². The summed E-state index contributed by atoms with van der Waals surface area (Å²) in [5.41, 5.74) is 0.406. The molecule has 10 heteroatoms. The van der Waals surface area contributed by atoms with Crippen molar-refractivity contribution in [2.45, 2.75) is 31.0 Å². The predicted molar refractivity (Wildman–Crippen MR) is 121 cm³/mol. The molecule has 1 spiro atoms. The Hall–Kier alpha value is -3.53. The van der Waals surface area contributed by atoms with Gasteiger partial charge in [0.25, 0.3) is 5.91 Å². The zero-order valence-corrected chi connectivity index (χ0v) is 18.9. The fraction of sp³-hybridized carbons (Fsp3) is 0.360. The molecule has 5 rings (SSSR count). The van der Waals surface area contributed by atoms with Crippen molar-refractivity contribution >= 4 is 28.8 Å². The van der Waals surface area contributed by atoms with Gasteiger partial charge in [0.2, 0.25) is 5.91 Å². The van der Waals surface area contributed by atoms with E-state index in [1.165, 1.54) is 17.0 Å². The number of nitrogens with zero attached hydrogens (tertiary/aromatic N) is 1. The molecular formula is C25H23F3N2O5. The lowest BCUT2D eigenvalue weighted by Gasteiger charge is -2.42. The van der Waals surface area contributed by atoms with Crippen molar-refractivity contribution in [1.29, 1.82) is 0 Å². The average Bonchev–Trinajstić information content (AvgIpc) is 2.81. The quantitative estimate of drug-likeness (QED) is 0.634. The molecular weight excluding hydrogens is 465 g/mol. The Morgan fingerprint density at radius 3 is 2.69 bits per heavy atom. The highest BCUT2D eigenvalue weighted by atomic mass is 19.4.